The van der Waals surface area contributed by atoms with Crippen molar-refractivity contribution >= 4 is 6.21 Å². The number of aryl methyl sites for hydroxylation is 2. The van der Waals surface area contributed by atoms with E-state index in [4.69, 9.17) is 4.84 Å². The van der Waals surface area contributed by atoms with Gasteiger partial charge in [0.05, 0.1) is 6.21 Å². The summed E-state index contributed by atoms with van der Waals surface area (Å²) in [6, 6.07) is 16.7. The maximum absolute atomic E-state index is 5.39. The Morgan fingerprint density at radius 3 is 2.55 bits per heavy atom. The smallest absolute Gasteiger partial charge is 0.142 e. The summed E-state index contributed by atoms with van der Waals surface area (Å²) in [7, 11) is 0. The highest BCUT2D eigenvalue weighted by atomic mass is 16.6. The SMILES string of the molecule is CCc1cccc(CON=Cc2ccccc2CC)c1. The van der Waals surface area contributed by atoms with E-state index < -0.39 is 0 Å². The third-order valence-corrected chi connectivity index (χ3v) is 3.33. The predicted molar refractivity (Wildman–Crippen MR) is 84.0 cm³/mol. The molecule has 2 rings (SSSR count). The molecule has 0 aliphatic carbocycles. The molecular formula is C18H21NO. The van der Waals surface area contributed by atoms with Gasteiger partial charge in [0.1, 0.15) is 6.61 Å². The zero-order valence-electron chi connectivity index (χ0n) is 12.2. The van der Waals surface area contributed by atoms with Gasteiger partial charge in [0.15, 0.2) is 0 Å². The Kier molecular flexibility index (Phi) is 5.36. The van der Waals surface area contributed by atoms with Gasteiger partial charge in [-0.2, -0.15) is 0 Å². The van der Waals surface area contributed by atoms with Crippen LogP contribution >= 0.6 is 0 Å². The van der Waals surface area contributed by atoms with Gasteiger partial charge < -0.3 is 4.84 Å². The molecule has 0 fully saturated rings. The van der Waals surface area contributed by atoms with Crippen molar-refractivity contribution < 1.29 is 4.84 Å². The van der Waals surface area contributed by atoms with E-state index in [0.717, 1.165) is 24.0 Å². The van der Waals surface area contributed by atoms with Crippen LogP contribution in [0, 0.1) is 0 Å². The van der Waals surface area contributed by atoms with Gasteiger partial charge in [-0.15, -0.1) is 0 Å². The fourth-order valence-electron chi connectivity index (χ4n) is 2.13. The second-order valence-corrected chi connectivity index (χ2v) is 4.73. The van der Waals surface area contributed by atoms with Gasteiger partial charge in [0.2, 0.25) is 0 Å². The Hall–Kier alpha value is -2.09. The average molecular weight is 267 g/mol. The Balaban J connectivity index is 1.93. The first-order chi connectivity index (χ1) is 9.83. The van der Waals surface area contributed by atoms with Crippen molar-refractivity contribution in [2.45, 2.75) is 33.3 Å². The number of oxime groups is 1. The summed E-state index contributed by atoms with van der Waals surface area (Å²) in [5.74, 6) is 0. The quantitative estimate of drug-likeness (QED) is 0.563. The van der Waals surface area contributed by atoms with Crippen molar-refractivity contribution in [2.24, 2.45) is 5.16 Å². The third kappa shape index (κ3) is 3.95. The fraction of sp³-hybridized carbons (Fsp3) is 0.278. The maximum atomic E-state index is 5.39. The summed E-state index contributed by atoms with van der Waals surface area (Å²) in [5, 5.41) is 4.08. The minimum Gasteiger partial charge on any atom is -0.391 e. The summed E-state index contributed by atoms with van der Waals surface area (Å²) < 4.78 is 0. The van der Waals surface area contributed by atoms with Crippen molar-refractivity contribution in [1.82, 2.24) is 0 Å². The Morgan fingerprint density at radius 2 is 1.75 bits per heavy atom. The van der Waals surface area contributed by atoms with Crippen molar-refractivity contribution in [1.29, 1.82) is 0 Å². The number of hydrogen-bond acceptors (Lipinski definition) is 2. The summed E-state index contributed by atoms with van der Waals surface area (Å²) >= 11 is 0. The number of rotatable bonds is 6. The highest BCUT2D eigenvalue weighted by Gasteiger charge is 1.97. The normalized spacial score (nSPS) is 10.9. The van der Waals surface area contributed by atoms with Crippen LogP contribution in [0.1, 0.15) is 36.1 Å². The van der Waals surface area contributed by atoms with E-state index in [1.54, 1.807) is 6.21 Å². The Bertz CT molecular complexity index is 575. The molecule has 20 heavy (non-hydrogen) atoms. The van der Waals surface area contributed by atoms with Crippen LogP contribution in [0.3, 0.4) is 0 Å². The van der Waals surface area contributed by atoms with Gasteiger partial charge in [0.25, 0.3) is 0 Å². The minimum absolute atomic E-state index is 0.513. The summed E-state index contributed by atoms with van der Waals surface area (Å²) in [6.07, 6.45) is 3.84. The Morgan fingerprint density at radius 1 is 0.950 bits per heavy atom. The summed E-state index contributed by atoms with van der Waals surface area (Å²) in [5.41, 5.74) is 4.89. The number of nitrogens with zero attached hydrogens (tertiary/aromatic N) is 1. The lowest BCUT2D eigenvalue weighted by molar-refractivity contribution is 0.132. The van der Waals surface area contributed by atoms with E-state index in [9.17, 15) is 0 Å². The molecule has 0 saturated carbocycles. The molecule has 0 aliphatic rings. The lowest BCUT2D eigenvalue weighted by Crippen LogP contribution is -1.93. The number of benzene rings is 2. The van der Waals surface area contributed by atoms with Gasteiger partial charge in [-0.1, -0.05) is 67.5 Å². The molecular weight excluding hydrogens is 246 g/mol. The van der Waals surface area contributed by atoms with Crippen LogP contribution in [0.25, 0.3) is 0 Å². The zero-order valence-corrected chi connectivity index (χ0v) is 12.2. The molecule has 0 atom stereocenters. The van der Waals surface area contributed by atoms with Crippen LogP contribution in [-0.2, 0) is 24.3 Å². The standard InChI is InChI=1S/C18H21NO/c1-3-15-8-7-9-16(12-15)14-20-19-13-18-11-6-5-10-17(18)4-2/h5-13H,3-4,14H2,1-2H3. The molecule has 0 unspecified atom stereocenters. The zero-order chi connectivity index (χ0) is 14.2. The molecule has 0 aliphatic heterocycles. The van der Waals surface area contributed by atoms with Crippen molar-refractivity contribution in [3.63, 3.8) is 0 Å². The first kappa shape index (κ1) is 14.3. The molecule has 0 heterocycles. The molecule has 0 saturated heterocycles. The summed E-state index contributed by atoms with van der Waals surface area (Å²) in [6.45, 7) is 4.81. The van der Waals surface area contributed by atoms with Gasteiger partial charge in [-0.25, -0.2) is 0 Å². The maximum Gasteiger partial charge on any atom is 0.142 e. The van der Waals surface area contributed by atoms with Gasteiger partial charge in [-0.3, -0.25) is 0 Å². The molecule has 2 aromatic carbocycles. The molecule has 2 nitrogen and oxygen atoms in total. The van der Waals surface area contributed by atoms with Gasteiger partial charge in [-0.05, 0) is 35.1 Å². The molecule has 0 radical (unpaired) electrons. The first-order valence-electron chi connectivity index (χ1n) is 7.14. The molecule has 2 heteroatoms. The highest BCUT2D eigenvalue weighted by molar-refractivity contribution is 5.81. The molecule has 0 N–H and O–H groups in total. The van der Waals surface area contributed by atoms with Crippen LogP contribution in [0.4, 0.5) is 0 Å². The van der Waals surface area contributed by atoms with E-state index >= 15 is 0 Å². The molecule has 104 valence electrons. The van der Waals surface area contributed by atoms with Crippen LogP contribution in [-0.4, -0.2) is 6.21 Å². The van der Waals surface area contributed by atoms with Crippen LogP contribution in [0.2, 0.25) is 0 Å². The van der Waals surface area contributed by atoms with Gasteiger partial charge in [0, 0.05) is 0 Å². The summed E-state index contributed by atoms with van der Waals surface area (Å²) in [4.78, 5) is 5.39. The minimum atomic E-state index is 0.513. The first-order valence-corrected chi connectivity index (χ1v) is 7.14. The van der Waals surface area contributed by atoms with E-state index in [2.05, 4.69) is 55.4 Å². The second kappa shape index (κ2) is 7.49. The lowest BCUT2D eigenvalue weighted by atomic mass is 10.1. The van der Waals surface area contributed by atoms with E-state index in [1.807, 2.05) is 12.1 Å². The van der Waals surface area contributed by atoms with Crippen molar-refractivity contribution in [3.05, 3.63) is 70.8 Å². The van der Waals surface area contributed by atoms with Crippen molar-refractivity contribution in [2.75, 3.05) is 0 Å². The topological polar surface area (TPSA) is 21.6 Å². The number of hydrogen-bond donors (Lipinski definition) is 0. The third-order valence-electron chi connectivity index (χ3n) is 3.33. The van der Waals surface area contributed by atoms with E-state index in [-0.39, 0.29) is 0 Å². The molecule has 0 aromatic heterocycles. The lowest BCUT2D eigenvalue weighted by Gasteiger charge is -2.03. The average Bonchev–Trinajstić information content (AvgIpc) is 2.52. The molecule has 2 aromatic rings. The van der Waals surface area contributed by atoms with Crippen LogP contribution in [0.5, 0.6) is 0 Å². The monoisotopic (exact) mass is 267 g/mol. The van der Waals surface area contributed by atoms with E-state index in [0.29, 0.717) is 6.61 Å². The predicted octanol–water partition coefficient (Wildman–Crippen LogP) is 4.36. The fourth-order valence-corrected chi connectivity index (χ4v) is 2.13. The Labute approximate surface area is 121 Å². The van der Waals surface area contributed by atoms with Crippen LogP contribution < -0.4 is 0 Å². The molecule has 0 spiro atoms. The van der Waals surface area contributed by atoms with Crippen molar-refractivity contribution in [3.8, 4) is 0 Å². The second-order valence-electron chi connectivity index (χ2n) is 4.73. The highest BCUT2D eigenvalue weighted by Crippen LogP contribution is 2.09. The van der Waals surface area contributed by atoms with Crippen LogP contribution in [0.15, 0.2) is 53.7 Å². The molecule has 0 amide bonds. The largest absolute Gasteiger partial charge is 0.391 e. The molecule has 0 bridgehead atoms. The van der Waals surface area contributed by atoms with Gasteiger partial charge >= 0.3 is 0 Å². The van der Waals surface area contributed by atoms with E-state index in [1.165, 1.54) is 11.1 Å².